The molecule has 0 atom stereocenters. The number of nitrogens with one attached hydrogen (secondary N) is 1. The van der Waals surface area contributed by atoms with Gasteiger partial charge in [-0.25, -0.2) is 4.68 Å². The molecule has 0 unspecified atom stereocenters. The molecule has 3 aromatic rings. The lowest BCUT2D eigenvalue weighted by Gasteiger charge is -2.10. The molecule has 5 heteroatoms. The Morgan fingerprint density at radius 3 is 2.28 bits per heavy atom. The number of anilines is 1. The summed E-state index contributed by atoms with van der Waals surface area (Å²) >= 11 is 0. The van der Waals surface area contributed by atoms with Crippen molar-refractivity contribution in [2.75, 3.05) is 5.32 Å². The Bertz CT molecular complexity index is 849. The Labute approximate surface area is 147 Å². The van der Waals surface area contributed by atoms with Gasteiger partial charge in [0.1, 0.15) is 5.75 Å². The van der Waals surface area contributed by atoms with E-state index in [1.807, 2.05) is 57.3 Å². The van der Waals surface area contributed by atoms with Gasteiger partial charge in [0.25, 0.3) is 5.91 Å². The maximum atomic E-state index is 12.3. The predicted octanol–water partition coefficient (Wildman–Crippen LogP) is 4.22. The summed E-state index contributed by atoms with van der Waals surface area (Å²) in [7, 11) is 0. The highest BCUT2D eigenvalue weighted by molar-refractivity contribution is 6.04. The number of amides is 1. The SMILES string of the molecule is Cc1ccn(-c2ccc(NC(=O)c3ccc(OC(C)C)cc3)cc2)n1. The van der Waals surface area contributed by atoms with Gasteiger partial charge in [-0.1, -0.05) is 0 Å². The Morgan fingerprint density at radius 1 is 1.04 bits per heavy atom. The van der Waals surface area contributed by atoms with Crippen LogP contribution in [0.5, 0.6) is 5.75 Å². The summed E-state index contributed by atoms with van der Waals surface area (Å²) in [4.78, 5) is 12.3. The fraction of sp³-hybridized carbons (Fsp3) is 0.200. The van der Waals surface area contributed by atoms with Crippen molar-refractivity contribution in [2.24, 2.45) is 0 Å². The van der Waals surface area contributed by atoms with E-state index >= 15 is 0 Å². The van der Waals surface area contributed by atoms with Crippen molar-refractivity contribution in [3.05, 3.63) is 72.1 Å². The van der Waals surface area contributed by atoms with E-state index in [-0.39, 0.29) is 12.0 Å². The van der Waals surface area contributed by atoms with E-state index in [9.17, 15) is 4.79 Å². The second-order valence-corrected chi connectivity index (χ2v) is 6.09. The monoisotopic (exact) mass is 335 g/mol. The summed E-state index contributed by atoms with van der Waals surface area (Å²) in [6.45, 7) is 5.88. The first-order chi connectivity index (χ1) is 12.0. The summed E-state index contributed by atoms with van der Waals surface area (Å²) in [5, 5.41) is 7.26. The van der Waals surface area contributed by atoms with Gasteiger partial charge >= 0.3 is 0 Å². The Balaban J connectivity index is 1.66. The number of aromatic nitrogens is 2. The zero-order valence-corrected chi connectivity index (χ0v) is 14.6. The number of hydrogen-bond donors (Lipinski definition) is 1. The van der Waals surface area contributed by atoms with Crippen LogP contribution in [0.3, 0.4) is 0 Å². The van der Waals surface area contributed by atoms with Crippen molar-refractivity contribution >= 4 is 11.6 Å². The van der Waals surface area contributed by atoms with E-state index < -0.39 is 0 Å². The minimum atomic E-state index is -0.154. The van der Waals surface area contributed by atoms with Gasteiger partial charge in [-0.3, -0.25) is 4.79 Å². The fourth-order valence-corrected chi connectivity index (χ4v) is 2.42. The van der Waals surface area contributed by atoms with Crippen LogP contribution in [0.2, 0.25) is 0 Å². The summed E-state index contributed by atoms with van der Waals surface area (Å²) in [5.41, 5.74) is 3.23. The maximum Gasteiger partial charge on any atom is 0.255 e. The van der Waals surface area contributed by atoms with Crippen molar-refractivity contribution in [1.82, 2.24) is 9.78 Å². The topological polar surface area (TPSA) is 56.2 Å². The van der Waals surface area contributed by atoms with Gasteiger partial charge in [0.2, 0.25) is 0 Å². The number of carbonyl (C=O) groups excluding carboxylic acids is 1. The molecule has 1 aromatic heterocycles. The second-order valence-electron chi connectivity index (χ2n) is 6.09. The fourth-order valence-electron chi connectivity index (χ4n) is 2.42. The zero-order valence-electron chi connectivity index (χ0n) is 14.6. The average molecular weight is 335 g/mol. The van der Waals surface area contributed by atoms with E-state index in [1.54, 1.807) is 28.9 Å². The summed E-state index contributed by atoms with van der Waals surface area (Å²) < 4.78 is 7.38. The highest BCUT2D eigenvalue weighted by Gasteiger charge is 2.07. The Hall–Kier alpha value is -3.08. The number of hydrogen-bond acceptors (Lipinski definition) is 3. The van der Waals surface area contributed by atoms with Crippen LogP contribution in [0.1, 0.15) is 29.9 Å². The Morgan fingerprint density at radius 2 is 1.72 bits per heavy atom. The van der Waals surface area contributed by atoms with Gasteiger partial charge in [0.05, 0.1) is 17.5 Å². The van der Waals surface area contributed by atoms with Gasteiger partial charge in [-0.2, -0.15) is 5.10 Å². The molecule has 0 saturated heterocycles. The largest absolute Gasteiger partial charge is 0.491 e. The van der Waals surface area contributed by atoms with Gasteiger partial charge in [-0.15, -0.1) is 0 Å². The standard InChI is InChI=1S/C20H21N3O2/c1-14(2)25-19-10-4-16(5-11-19)20(24)21-17-6-8-18(9-7-17)23-13-12-15(3)22-23/h4-14H,1-3H3,(H,21,24). The molecular formula is C20H21N3O2. The molecule has 128 valence electrons. The molecule has 0 radical (unpaired) electrons. The van der Waals surface area contributed by atoms with Crippen molar-refractivity contribution < 1.29 is 9.53 Å². The summed E-state index contributed by atoms with van der Waals surface area (Å²) in [6, 6.07) is 16.6. The van der Waals surface area contributed by atoms with Gasteiger partial charge in [-0.05, 0) is 75.4 Å². The molecule has 0 bridgehead atoms. The van der Waals surface area contributed by atoms with Crippen LogP contribution in [-0.4, -0.2) is 21.8 Å². The smallest absolute Gasteiger partial charge is 0.255 e. The lowest BCUT2D eigenvalue weighted by atomic mass is 10.2. The number of carbonyl (C=O) groups is 1. The summed E-state index contributed by atoms with van der Waals surface area (Å²) in [6.07, 6.45) is 2.01. The number of rotatable bonds is 5. The van der Waals surface area contributed by atoms with Crippen molar-refractivity contribution in [2.45, 2.75) is 26.9 Å². The number of aryl methyl sites for hydroxylation is 1. The van der Waals surface area contributed by atoms with Crippen LogP contribution in [0, 0.1) is 6.92 Å². The lowest BCUT2D eigenvalue weighted by molar-refractivity contribution is 0.102. The first-order valence-corrected chi connectivity index (χ1v) is 8.22. The molecule has 0 aliphatic heterocycles. The molecule has 2 aromatic carbocycles. The molecular weight excluding hydrogens is 314 g/mol. The highest BCUT2D eigenvalue weighted by atomic mass is 16.5. The summed E-state index contributed by atoms with van der Waals surface area (Å²) in [5.74, 6) is 0.601. The maximum absolute atomic E-state index is 12.3. The molecule has 0 aliphatic carbocycles. The van der Waals surface area contributed by atoms with E-state index in [2.05, 4.69) is 10.4 Å². The van der Waals surface area contributed by atoms with Crippen molar-refractivity contribution in [3.8, 4) is 11.4 Å². The van der Waals surface area contributed by atoms with Crippen LogP contribution >= 0.6 is 0 Å². The third-order valence-corrected chi connectivity index (χ3v) is 3.60. The van der Waals surface area contributed by atoms with Crippen LogP contribution in [0.15, 0.2) is 60.8 Å². The van der Waals surface area contributed by atoms with Gasteiger partial charge in [0.15, 0.2) is 0 Å². The Kier molecular flexibility index (Phi) is 4.84. The normalized spacial score (nSPS) is 10.7. The van der Waals surface area contributed by atoms with Crippen molar-refractivity contribution in [3.63, 3.8) is 0 Å². The van der Waals surface area contributed by atoms with E-state index in [1.165, 1.54) is 0 Å². The van der Waals surface area contributed by atoms with E-state index in [4.69, 9.17) is 4.74 Å². The number of benzene rings is 2. The average Bonchev–Trinajstić information content (AvgIpc) is 3.02. The minimum Gasteiger partial charge on any atom is -0.491 e. The first kappa shape index (κ1) is 16.8. The molecule has 25 heavy (non-hydrogen) atoms. The molecule has 0 saturated carbocycles. The third-order valence-electron chi connectivity index (χ3n) is 3.60. The third kappa shape index (κ3) is 4.26. The molecule has 5 nitrogen and oxygen atoms in total. The lowest BCUT2D eigenvalue weighted by Crippen LogP contribution is -2.12. The predicted molar refractivity (Wildman–Crippen MR) is 98.5 cm³/mol. The van der Waals surface area contributed by atoms with Crippen LogP contribution in [-0.2, 0) is 0 Å². The molecule has 0 fully saturated rings. The quantitative estimate of drug-likeness (QED) is 0.759. The van der Waals surface area contributed by atoms with Crippen LogP contribution in [0.4, 0.5) is 5.69 Å². The molecule has 1 heterocycles. The van der Waals surface area contributed by atoms with E-state index in [0.29, 0.717) is 5.56 Å². The number of ether oxygens (including phenoxy) is 1. The molecule has 1 amide bonds. The molecule has 1 N–H and O–H groups in total. The first-order valence-electron chi connectivity index (χ1n) is 8.22. The number of nitrogens with zero attached hydrogens (tertiary/aromatic N) is 2. The minimum absolute atomic E-state index is 0.108. The molecule has 0 aliphatic rings. The van der Waals surface area contributed by atoms with E-state index in [0.717, 1.165) is 22.8 Å². The van der Waals surface area contributed by atoms with Gasteiger partial charge in [0, 0.05) is 17.4 Å². The molecule has 0 spiro atoms. The zero-order chi connectivity index (χ0) is 17.8. The van der Waals surface area contributed by atoms with Gasteiger partial charge < -0.3 is 10.1 Å². The van der Waals surface area contributed by atoms with Crippen LogP contribution in [0.25, 0.3) is 5.69 Å². The van der Waals surface area contributed by atoms with Crippen molar-refractivity contribution in [1.29, 1.82) is 0 Å². The van der Waals surface area contributed by atoms with Crippen LogP contribution < -0.4 is 10.1 Å². The highest BCUT2D eigenvalue weighted by Crippen LogP contribution is 2.17. The second kappa shape index (κ2) is 7.21. The molecule has 3 rings (SSSR count).